The molecular weight excluding hydrogens is 376 g/mol. The van der Waals surface area contributed by atoms with Gasteiger partial charge >= 0.3 is 0 Å². The van der Waals surface area contributed by atoms with Crippen molar-refractivity contribution in [3.8, 4) is 9.88 Å². The van der Waals surface area contributed by atoms with E-state index >= 15 is 0 Å². The molecule has 108 valence electrons. The summed E-state index contributed by atoms with van der Waals surface area (Å²) in [5.74, 6) is 0. The van der Waals surface area contributed by atoms with E-state index in [4.69, 9.17) is 16.6 Å². The van der Waals surface area contributed by atoms with E-state index in [9.17, 15) is 0 Å². The Morgan fingerprint density at radius 1 is 1.50 bits per heavy atom. The van der Waals surface area contributed by atoms with E-state index in [0.29, 0.717) is 6.04 Å². The zero-order valence-corrected chi connectivity index (χ0v) is 15.2. The fourth-order valence-electron chi connectivity index (χ4n) is 2.49. The van der Waals surface area contributed by atoms with Gasteiger partial charge < -0.3 is 5.32 Å². The van der Waals surface area contributed by atoms with Crippen LogP contribution in [0.15, 0.2) is 10.5 Å². The van der Waals surface area contributed by atoms with Gasteiger partial charge in [-0.2, -0.15) is 0 Å². The minimum absolute atomic E-state index is 0.490. The van der Waals surface area contributed by atoms with Gasteiger partial charge in [-0.15, -0.1) is 22.7 Å². The Morgan fingerprint density at radius 2 is 2.35 bits per heavy atom. The number of rotatable bonds is 4. The molecule has 1 aliphatic rings. The first-order valence-electron chi connectivity index (χ1n) is 6.87. The van der Waals surface area contributed by atoms with E-state index < -0.39 is 0 Å². The van der Waals surface area contributed by atoms with Crippen LogP contribution in [0.4, 0.5) is 0 Å². The Kier molecular flexibility index (Phi) is 4.82. The molecule has 0 fully saturated rings. The third-order valence-corrected chi connectivity index (χ3v) is 7.30. The minimum Gasteiger partial charge on any atom is -0.309 e. The molecule has 3 rings (SSSR count). The van der Waals surface area contributed by atoms with Crippen molar-refractivity contribution in [2.24, 2.45) is 0 Å². The van der Waals surface area contributed by atoms with Crippen molar-refractivity contribution in [1.82, 2.24) is 10.3 Å². The predicted octanol–water partition coefficient (Wildman–Crippen LogP) is 5.66. The van der Waals surface area contributed by atoms with E-state index in [0.717, 1.165) is 31.7 Å². The first-order valence-corrected chi connectivity index (χ1v) is 9.67. The fraction of sp³-hybridized carbons (Fsp3) is 0.500. The average molecular weight is 392 g/mol. The quantitative estimate of drug-likeness (QED) is 0.727. The van der Waals surface area contributed by atoms with Gasteiger partial charge in [0, 0.05) is 15.4 Å². The summed E-state index contributed by atoms with van der Waals surface area (Å²) in [6.07, 6.45) is 4.73. The Hall–Kier alpha value is 0.0600. The van der Waals surface area contributed by atoms with Gasteiger partial charge in [-0.25, -0.2) is 4.98 Å². The number of fused-ring (bicyclic) bond motifs is 1. The van der Waals surface area contributed by atoms with Crippen LogP contribution < -0.4 is 5.32 Å². The third kappa shape index (κ3) is 2.97. The topological polar surface area (TPSA) is 24.9 Å². The Balaban J connectivity index is 1.90. The Bertz CT molecular complexity index is 589. The van der Waals surface area contributed by atoms with Gasteiger partial charge in [0.15, 0.2) is 0 Å². The van der Waals surface area contributed by atoms with Crippen LogP contribution in [0, 0.1) is 0 Å². The summed E-state index contributed by atoms with van der Waals surface area (Å²) in [6.45, 7) is 3.29. The SMILES string of the molecule is CCCNC1CCCc2nc(-c3cc(Br)c(Cl)s3)sc21. The number of hydrogen-bond donors (Lipinski definition) is 1. The molecule has 0 aliphatic heterocycles. The predicted molar refractivity (Wildman–Crippen MR) is 92.1 cm³/mol. The van der Waals surface area contributed by atoms with Gasteiger partial charge in [0.2, 0.25) is 0 Å². The van der Waals surface area contributed by atoms with Gasteiger partial charge in [-0.3, -0.25) is 0 Å². The molecule has 0 bridgehead atoms. The largest absolute Gasteiger partial charge is 0.309 e. The van der Waals surface area contributed by atoms with Gasteiger partial charge in [0.1, 0.15) is 9.34 Å². The summed E-state index contributed by atoms with van der Waals surface area (Å²) in [6, 6.07) is 2.56. The lowest BCUT2D eigenvalue weighted by Gasteiger charge is -2.22. The monoisotopic (exact) mass is 390 g/mol. The molecule has 6 heteroatoms. The highest BCUT2D eigenvalue weighted by atomic mass is 79.9. The third-order valence-electron chi connectivity index (χ3n) is 3.45. The molecule has 2 aromatic heterocycles. The van der Waals surface area contributed by atoms with Crippen LogP contribution in [0.2, 0.25) is 4.34 Å². The molecule has 0 aromatic carbocycles. The smallest absolute Gasteiger partial charge is 0.134 e. The molecule has 2 heterocycles. The van der Waals surface area contributed by atoms with Crippen molar-refractivity contribution in [3.63, 3.8) is 0 Å². The number of thiazole rings is 1. The minimum atomic E-state index is 0.490. The lowest BCUT2D eigenvalue weighted by atomic mass is 9.98. The number of nitrogens with zero attached hydrogens (tertiary/aromatic N) is 1. The summed E-state index contributed by atoms with van der Waals surface area (Å²) in [5.41, 5.74) is 1.28. The summed E-state index contributed by atoms with van der Waals surface area (Å²) in [5, 5.41) is 4.76. The Labute approximate surface area is 140 Å². The van der Waals surface area contributed by atoms with Gasteiger partial charge in [-0.05, 0) is 54.2 Å². The molecule has 1 atom stereocenters. The van der Waals surface area contributed by atoms with E-state index in [1.165, 1.54) is 29.8 Å². The van der Waals surface area contributed by atoms with Crippen molar-refractivity contribution in [3.05, 3.63) is 25.4 Å². The zero-order chi connectivity index (χ0) is 14.1. The highest BCUT2D eigenvalue weighted by molar-refractivity contribution is 9.10. The maximum Gasteiger partial charge on any atom is 0.134 e. The first kappa shape index (κ1) is 15.0. The molecule has 2 aromatic rings. The van der Waals surface area contributed by atoms with Gasteiger partial charge in [-0.1, -0.05) is 18.5 Å². The van der Waals surface area contributed by atoms with E-state index in [2.05, 4.69) is 34.2 Å². The van der Waals surface area contributed by atoms with Crippen molar-refractivity contribution >= 4 is 50.2 Å². The maximum atomic E-state index is 6.14. The molecule has 0 spiro atoms. The molecular formula is C14H16BrClN2S2. The van der Waals surface area contributed by atoms with Gasteiger partial charge in [0.05, 0.1) is 10.6 Å². The van der Waals surface area contributed by atoms with Crippen LogP contribution in [-0.2, 0) is 6.42 Å². The maximum absolute atomic E-state index is 6.14. The molecule has 0 saturated heterocycles. The summed E-state index contributed by atoms with van der Waals surface area (Å²) >= 11 is 13.0. The van der Waals surface area contributed by atoms with Crippen molar-refractivity contribution in [1.29, 1.82) is 0 Å². The van der Waals surface area contributed by atoms with E-state index in [1.54, 1.807) is 11.3 Å². The number of hydrogen-bond acceptors (Lipinski definition) is 4. The average Bonchev–Trinajstić information content (AvgIpc) is 3.01. The molecule has 20 heavy (non-hydrogen) atoms. The number of halogens is 2. The zero-order valence-electron chi connectivity index (χ0n) is 11.2. The summed E-state index contributed by atoms with van der Waals surface area (Å²) in [7, 11) is 0. The lowest BCUT2D eigenvalue weighted by Crippen LogP contribution is -2.24. The molecule has 0 amide bonds. The number of aromatic nitrogens is 1. The molecule has 2 nitrogen and oxygen atoms in total. The highest BCUT2D eigenvalue weighted by Gasteiger charge is 2.25. The number of thiophene rings is 1. The van der Waals surface area contributed by atoms with Crippen LogP contribution in [0.3, 0.4) is 0 Å². The van der Waals surface area contributed by atoms with Crippen LogP contribution >= 0.6 is 50.2 Å². The highest BCUT2D eigenvalue weighted by Crippen LogP contribution is 2.43. The second kappa shape index (κ2) is 6.44. The first-order chi connectivity index (χ1) is 9.69. The van der Waals surface area contributed by atoms with Crippen LogP contribution in [0.25, 0.3) is 9.88 Å². The molecule has 0 radical (unpaired) electrons. The van der Waals surface area contributed by atoms with Crippen molar-refractivity contribution in [2.45, 2.75) is 38.6 Å². The number of aryl methyl sites for hydroxylation is 1. The normalized spacial score (nSPS) is 18.2. The Morgan fingerprint density at radius 3 is 3.05 bits per heavy atom. The van der Waals surface area contributed by atoms with E-state index in [-0.39, 0.29) is 0 Å². The second-order valence-electron chi connectivity index (χ2n) is 4.96. The van der Waals surface area contributed by atoms with E-state index in [1.807, 2.05) is 11.3 Å². The van der Waals surface area contributed by atoms with Crippen molar-refractivity contribution < 1.29 is 0 Å². The standard InChI is InChI=1S/C14H16BrClN2S2/c1-2-6-17-9-4-3-5-10-12(9)20-14(18-10)11-7-8(15)13(16)19-11/h7,9,17H,2-6H2,1H3. The lowest BCUT2D eigenvalue weighted by molar-refractivity contribution is 0.465. The van der Waals surface area contributed by atoms with Crippen molar-refractivity contribution in [2.75, 3.05) is 6.54 Å². The van der Waals surface area contributed by atoms with Crippen LogP contribution in [0.1, 0.15) is 42.8 Å². The fourth-order valence-corrected chi connectivity index (χ4v) is 5.46. The van der Waals surface area contributed by atoms with Crippen LogP contribution in [-0.4, -0.2) is 11.5 Å². The summed E-state index contributed by atoms with van der Waals surface area (Å²) < 4.78 is 1.77. The number of nitrogens with one attached hydrogen (secondary N) is 1. The molecule has 1 aliphatic carbocycles. The summed E-state index contributed by atoms with van der Waals surface area (Å²) in [4.78, 5) is 7.44. The molecule has 0 saturated carbocycles. The molecule has 1 N–H and O–H groups in total. The van der Waals surface area contributed by atoms with Crippen LogP contribution in [0.5, 0.6) is 0 Å². The van der Waals surface area contributed by atoms with Gasteiger partial charge in [0.25, 0.3) is 0 Å². The second-order valence-corrected chi connectivity index (χ2v) is 8.50. The molecule has 1 unspecified atom stereocenters.